The molecule has 1 aromatic carbocycles. The monoisotopic (exact) mass is 327 g/mol. The van der Waals surface area contributed by atoms with Crippen LogP contribution in [0.1, 0.15) is 23.0 Å². The van der Waals surface area contributed by atoms with E-state index in [-0.39, 0.29) is 18.4 Å². The first-order valence-corrected chi connectivity index (χ1v) is 8.24. The summed E-state index contributed by atoms with van der Waals surface area (Å²) in [6.45, 7) is 3.42. The fourth-order valence-corrected chi connectivity index (χ4v) is 2.40. The van der Waals surface area contributed by atoms with Crippen LogP contribution < -0.4 is 10.2 Å². The molecule has 0 aliphatic rings. The molecule has 0 aliphatic heterocycles. The van der Waals surface area contributed by atoms with Crippen molar-refractivity contribution in [3.63, 3.8) is 0 Å². The van der Waals surface area contributed by atoms with Gasteiger partial charge in [-0.25, -0.2) is 0 Å². The number of aliphatic hydroxyl groups excluding tert-OH is 1. The van der Waals surface area contributed by atoms with E-state index in [4.69, 9.17) is 0 Å². The van der Waals surface area contributed by atoms with E-state index in [9.17, 15) is 9.90 Å². The first-order chi connectivity index (χ1) is 11.6. The number of hydrogen-bond acceptors (Lipinski definition) is 4. The fraction of sp³-hybridized carbons (Fsp3) is 0.368. The van der Waals surface area contributed by atoms with Crippen LogP contribution in [-0.4, -0.2) is 42.7 Å². The number of amides is 1. The quantitative estimate of drug-likeness (QED) is 0.779. The maximum Gasteiger partial charge on any atom is 0.251 e. The Morgan fingerprint density at radius 2 is 2.00 bits per heavy atom. The Balaban J connectivity index is 1.89. The van der Waals surface area contributed by atoms with Gasteiger partial charge in [-0.3, -0.25) is 9.78 Å². The lowest BCUT2D eigenvalue weighted by atomic mass is 10.0. The normalized spacial score (nSPS) is 11.8. The third-order valence-electron chi connectivity index (χ3n) is 4.08. The van der Waals surface area contributed by atoms with E-state index < -0.39 is 0 Å². The SMILES string of the molecule is CCN(C)c1ccc(C(=O)NCC(CO)Cc2ccccn2)cc1. The van der Waals surface area contributed by atoms with Gasteiger partial charge < -0.3 is 15.3 Å². The second kappa shape index (κ2) is 9.03. The van der Waals surface area contributed by atoms with Gasteiger partial charge in [0.1, 0.15) is 0 Å². The standard InChI is InChI=1S/C19H25N3O2/c1-3-22(2)18-9-7-16(8-10-18)19(24)21-13-15(14-23)12-17-6-4-5-11-20-17/h4-11,15,23H,3,12-14H2,1-2H3,(H,21,24). The first kappa shape index (κ1) is 17.9. The molecule has 128 valence electrons. The number of carbonyl (C=O) groups is 1. The molecule has 2 aromatic rings. The Labute approximate surface area is 143 Å². The van der Waals surface area contributed by atoms with Crippen molar-refractivity contribution in [2.45, 2.75) is 13.3 Å². The molecular formula is C19H25N3O2. The van der Waals surface area contributed by atoms with Crippen LogP contribution in [0.15, 0.2) is 48.7 Å². The Bertz CT molecular complexity index is 629. The van der Waals surface area contributed by atoms with Gasteiger partial charge in [0, 0.05) is 55.8 Å². The summed E-state index contributed by atoms with van der Waals surface area (Å²) in [4.78, 5) is 18.6. The van der Waals surface area contributed by atoms with Gasteiger partial charge in [-0.2, -0.15) is 0 Å². The molecule has 2 N–H and O–H groups in total. The molecule has 0 saturated carbocycles. The van der Waals surface area contributed by atoms with Crippen molar-refractivity contribution < 1.29 is 9.90 Å². The lowest BCUT2D eigenvalue weighted by Gasteiger charge is -2.17. The third-order valence-corrected chi connectivity index (χ3v) is 4.08. The Hall–Kier alpha value is -2.40. The number of aromatic nitrogens is 1. The summed E-state index contributed by atoms with van der Waals surface area (Å²) in [6, 6.07) is 13.2. The lowest BCUT2D eigenvalue weighted by Crippen LogP contribution is -2.32. The van der Waals surface area contributed by atoms with Crippen LogP contribution in [0.2, 0.25) is 0 Å². The molecule has 24 heavy (non-hydrogen) atoms. The summed E-state index contributed by atoms with van der Waals surface area (Å²) in [5, 5.41) is 12.4. The molecule has 0 fully saturated rings. The Morgan fingerprint density at radius 1 is 1.25 bits per heavy atom. The predicted octanol–water partition coefficient (Wildman–Crippen LogP) is 2.12. The molecule has 0 bridgehead atoms. The van der Waals surface area contributed by atoms with E-state index in [1.807, 2.05) is 49.5 Å². The molecule has 0 radical (unpaired) electrons. The zero-order valence-corrected chi connectivity index (χ0v) is 14.3. The van der Waals surface area contributed by atoms with Crippen molar-refractivity contribution in [1.29, 1.82) is 0 Å². The minimum absolute atomic E-state index is 0.0110. The maximum absolute atomic E-state index is 12.2. The van der Waals surface area contributed by atoms with E-state index in [0.717, 1.165) is 17.9 Å². The summed E-state index contributed by atoms with van der Waals surface area (Å²) < 4.78 is 0. The van der Waals surface area contributed by atoms with E-state index >= 15 is 0 Å². The second-order valence-corrected chi connectivity index (χ2v) is 5.84. The second-order valence-electron chi connectivity index (χ2n) is 5.84. The third kappa shape index (κ3) is 5.06. The first-order valence-electron chi connectivity index (χ1n) is 8.24. The summed E-state index contributed by atoms with van der Waals surface area (Å²) in [5.74, 6) is -0.172. The zero-order valence-electron chi connectivity index (χ0n) is 14.3. The molecule has 1 atom stereocenters. The average Bonchev–Trinajstić information content (AvgIpc) is 2.65. The largest absolute Gasteiger partial charge is 0.396 e. The minimum Gasteiger partial charge on any atom is -0.396 e. The average molecular weight is 327 g/mol. The number of anilines is 1. The number of hydrogen-bond donors (Lipinski definition) is 2. The molecule has 1 aromatic heterocycles. The van der Waals surface area contributed by atoms with E-state index in [0.29, 0.717) is 18.5 Å². The van der Waals surface area contributed by atoms with Crippen molar-refractivity contribution in [1.82, 2.24) is 10.3 Å². The number of carbonyl (C=O) groups excluding carboxylic acids is 1. The lowest BCUT2D eigenvalue weighted by molar-refractivity contribution is 0.0940. The molecule has 1 unspecified atom stereocenters. The highest BCUT2D eigenvalue weighted by molar-refractivity contribution is 5.94. The number of rotatable bonds is 8. The van der Waals surface area contributed by atoms with Crippen LogP contribution in [0.4, 0.5) is 5.69 Å². The van der Waals surface area contributed by atoms with Crippen LogP contribution in [0, 0.1) is 5.92 Å². The highest BCUT2D eigenvalue weighted by Gasteiger charge is 2.12. The van der Waals surface area contributed by atoms with Crippen LogP contribution in [0.5, 0.6) is 0 Å². The minimum atomic E-state index is -0.125. The molecule has 1 heterocycles. The summed E-state index contributed by atoms with van der Waals surface area (Å²) in [6.07, 6.45) is 2.37. The number of benzene rings is 1. The van der Waals surface area contributed by atoms with Crippen molar-refractivity contribution >= 4 is 11.6 Å². The molecular weight excluding hydrogens is 302 g/mol. The smallest absolute Gasteiger partial charge is 0.251 e. The number of nitrogens with zero attached hydrogens (tertiary/aromatic N) is 2. The van der Waals surface area contributed by atoms with Gasteiger partial charge in [-0.15, -0.1) is 0 Å². The van der Waals surface area contributed by atoms with Gasteiger partial charge in [0.15, 0.2) is 0 Å². The highest BCUT2D eigenvalue weighted by Crippen LogP contribution is 2.13. The highest BCUT2D eigenvalue weighted by atomic mass is 16.3. The summed E-state index contributed by atoms with van der Waals surface area (Å²) >= 11 is 0. The number of nitrogens with one attached hydrogen (secondary N) is 1. The van der Waals surface area contributed by atoms with Crippen LogP contribution >= 0.6 is 0 Å². The van der Waals surface area contributed by atoms with Crippen molar-refractivity contribution in [2.75, 3.05) is 31.6 Å². The van der Waals surface area contributed by atoms with Gasteiger partial charge in [0.25, 0.3) is 5.91 Å². The van der Waals surface area contributed by atoms with Gasteiger partial charge in [0.2, 0.25) is 0 Å². The van der Waals surface area contributed by atoms with Crippen molar-refractivity contribution in [3.8, 4) is 0 Å². The summed E-state index contributed by atoms with van der Waals surface area (Å²) in [7, 11) is 2.01. The summed E-state index contributed by atoms with van der Waals surface area (Å²) in [5.41, 5.74) is 2.62. The van der Waals surface area contributed by atoms with Crippen LogP contribution in [0.3, 0.4) is 0 Å². The van der Waals surface area contributed by atoms with E-state index in [2.05, 4.69) is 22.1 Å². The zero-order chi connectivity index (χ0) is 17.4. The number of pyridine rings is 1. The van der Waals surface area contributed by atoms with Crippen molar-refractivity contribution in [3.05, 3.63) is 59.9 Å². The van der Waals surface area contributed by atoms with E-state index in [1.165, 1.54) is 0 Å². The van der Waals surface area contributed by atoms with Gasteiger partial charge in [-0.1, -0.05) is 6.07 Å². The van der Waals surface area contributed by atoms with Crippen molar-refractivity contribution in [2.24, 2.45) is 5.92 Å². The molecule has 1 amide bonds. The van der Waals surface area contributed by atoms with Crippen LogP contribution in [-0.2, 0) is 6.42 Å². The molecule has 0 spiro atoms. The Morgan fingerprint density at radius 3 is 2.58 bits per heavy atom. The maximum atomic E-state index is 12.2. The molecule has 0 aliphatic carbocycles. The molecule has 5 heteroatoms. The molecule has 0 saturated heterocycles. The van der Waals surface area contributed by atoms with Gasteiger partial charge >= 0.3 is 0 Å². The number of aliphatic hydroxyl groups is 1. The molecule has 2 rings (SSSR count). The van der Waals surface area contributed by atoms with E-state index in [1.54, 1.807) is 6.20 Å². The predicted molar refractivity (Wildman–Crippen MR) is 96.2 cm³/mol. The van der Waals surface area contributed by atoms with Crippen LogP contribution in [0.25, 0.3) is 0 Å². The topological polar surface area (TPSA) is 65.5 Å². The van der Waals surface area contributed by atoms with Gasteiger partial charge in [-0.05, 0) is 49.7 Å². The van der Waals surface area contributed by atoms with Gasteiger partial charge in [0.05, 0.1) is 0 Å². The molecule has 5 nitrogen and oxygen atoms in total. The fourth-order valence-electron chi connectivity index (χ4n) is 2.40. The Kier molecular flexibility index (Phi) is 6.75.